The Hall–Kier alpha value is -2.50. The quantitative estimate of drug-likeness (QED) is 0.719. The molecule has 6 nitrogen and oxygen atoms in total. The summed E-state index contributed by atoms with van der Waals surface area (Å²) in [5.41, 5.74) is 1.58. The molecule has 1 fully saturated rings. The molecule has 6 heteroatoms. The lowest BCUT2D eigenvalue weighted by Crippen LogP contribution is -2.21. The van der Waals surface area contributed by atoms with E-state index in [1.54, 1.807) is 15.6 Å². The van der Waals surface area contributed by atoms with Crippen molar-refractivity contribution in [2.24, 2.45) is 5.92 Å². The molecule has 1 saturated carbocycles. The normalized spacial score (nSPS) is 14.8. The number of fused-ring (bicyclic) bond motifs is 1. The van der Waals surface area contributed by atoms with Crippen LogP contribution in [0, 0.1) is 5.92 Å². The van der Waals surface area contributed by atoms with Crippen LogP contribution in [0.25, 0.3) is 16.9 Å². The summed E-state index contributed by atoms with van der Waals surface area (Å²) in [6, 6.07) is 9.57. The lowest BCUT2D eigenvalue weighted by Gasteiger charge is -2.03. The average Bonchev–Trinajstić information content (AvgIpc) is 3.19. The number of hydrogen-bond acceptors (Lipinski definition) is 4. The average molecular weight is 267 g/mol. The van der Waals surface area contributed by atoms with Gasteiger partial charge < -0.3 is 0 Å². The smallest absolute Gasteiger partial charge is 0.283 e. The first-order valence-electron chi connectivity index (χ1n) is 6.69. The van der Waals surface area contributed by atoms with Crippen LogP contribution in [0.4, 0.5) is 0 Å². The van der Waals surface area contributed by atoms with E-state index in [1.165, 1.54) is 12.8 Å². The standard InChI is InChI=1S/C14H13N5O/c20-14-12-13(15-9-18(14)8-10-6-7-10)19(17-16-12)11-4-2-1-3-5-11/h1-5,9-10H,6-8H2. The molecule has 0 unspecified atom stereocenters. The van der Waals surface area contributed by atoms with Crippen LogP contribution in [-0.4, -0.2) is 24.5 Å². The van der Waals surface area contributed by atoms with Crippen molar-refractivity contribution >= 4 is 11.2 Å². The third-order valence-corrected chi connectivity index (χ3v) is 3.58. The number of hydrogen-bond donors (Lipinski definition) is 0. The Labute approximate surface area is 114 Å². The summed E-state index contributed by atoms with van der Waals surface area (Å²) in [4.78, 5) is 16.7. The molecular formula is C14H13N5O. The summed E-state index contributed by atoms with van der Waals surface area (Å²) in [7, 11) is 0. The van der Waals surface area contributed by atoms with Crippen molar-refractivity contribution in [1.29, 1.82) is 0 Å². The SMILES string of the molecule is O=c1c2nnn(-c3ccccc3)c2ncn1CC1CC1. The number of aromatic nitrogens is 5. The Balaban J connectivity index is 1.86. The molecule has 0 atom stereocenters. The van der Waals surface area contributed by atoms with Crippen molar-refractivity contribution in [3.05, 3.63) is 47.0 Å². The van der Waals surface area contributed by atoms with Gasteiger partial charge in [0.2, 0.25) is 0 Å². The molecule has 0 amide bonds. The highest BCUT2D eigenvalue weighted by atomic mass is 16.1. The predicted octanol–water partition coefficient (Wildman–Crippen LogP) is 1.39. The molecule has 1 aromatic carbocycles. The van der Waals surface area contributed by atoms with Gasteiger partial charge in [-0.05, 0) is 30.9 Å². The molecule has 2 aromatic heterocycles. The van der Waals surface area contributed by atoms with E-state index in [-0.39, 0.29) is 5.56 Å². The summed E-state index contributed by atoms with van der Waals surface area (Å²) >= 11 is 0. The molecule has 3 aromatic rings. The van der Waals surface area contributed by atoms with Crippen molar-refractivity contribution < 1.29 is 0 Å². The van der Waals surface area contributed by atoms with Gasteiger partial charge in [0.05, 0.1) is 5.69 Å². The fraction of sp³-hybridized carbons (Fsp3) is 0.286. The van der Waals surface area contributed by atoms with E-state index >= 15 is 0 Å². The van der Waals surface area contributed by atoms with Crippen LogP contribution >= 0.6 is 0 Å². The Bertz CT molecular complexity index is 816. The fourth-order valence-electron chi connectivity index (χ4n) is 2.30. The van der Waals surface area contributed by atoms with Crippen LogP contribution in [0.1, 0.15) is 12.8 Å². The summed E-state index contributed by atoms with van der Waals surface area (Å²) in [6.07, 6.45) is 3.99. The third kappa shape index (κ3) is 1.80. The number of para-hydroxylation sites is 1. The zero-order valence-electron chi connectivity index (χ0n) is 10.8. The van der Waals surface area contributed by atoms with Crippen molar-refractivity contribution in [2.45, 2.75) is 19.4 Å². The second-order valence-corrected chi connectivity index (χ2v) is 5.15. The van der Waals surface area contributed by atoms with E-state index in [9.17, 15) is 4.79 Å². The molecule has 0 N–H and O–H groups in total. The largest absolute Gasteiger partial charge is 0.297 e. The Kier molecular flexibility index (Phi) is 2.42. The van der Waals surface area contributed by atoms with E-state index in [4.69, 9.17) is 0 Å². The first kappa shape index (κ1) is 11.3. The van der Waals surface area contributed by atoms with Gasteiger partial charge in [-0.15, -0.1) is 5.10 Å². The molecule has 0 bridgehead atoms. The molecule has 1 aliphatic carbocycles. The molecular weight excluding hydrogens is 254 g/mol. The molecule has 0 spiro atoms. The molecule has 1 aliphatic rings. The zero-order valence-corrected chi connectivity index (χ0v) is 10.8. The lowest BCUT2D eigenvalue weighted by atomic mass is 10.3. The topological polar surface area (TPSA) is 65.6 Å². The summed E-state index contributed by atoms with van der Waals surface area (Å²) in [5, 5.41) is 8.05. The molecule has 20 heavy (non-hydrogen) atoms. The molecule has 4 rings (SSSR count). The highest BCUT2D eigenvalue weighted by Gasteiger charge is 2.23. The second-order valence-electron chi connectivity index (χ2n) is 5.15. The Morgan fingerprint density at radius 1 is 1.20 bits per heavy atom. The van der Waals surface area contributed by atoms with Crippen LogP contribution in [0.3, 0.4) is 0 Å². The molecule has 100 valence electrons. The number of nitrogens with zero attached hydrogens (tertiary/aromatic N) is 5. The molecule has 0 radical (unpaired) electrons. The Morgan fingerprint density at radius 2 is 2.00 bits per heavy atom. The predicted molar refractivity (Wildman–Crippen MR) is 73.6 cm³/mol. The maximum atomic E-state index is 12.3. The van der Waals surface area contributed by atoms with Crippen molar-refractivity contribution in [1.82, 2.24) is 24.5 Å². The van der Waals surface area contributed by atoms with Gasteiger partial charge in [0, 0.05) is 6.54 Å². The highest BCUT2D eigenvalue weighted by Crippen LogP contribution is 2.30. The van der Waals surface area contributed by atoms with Crippen LogP contribution in [0.5, 0.6) is 0 Å². The summed E-state index contributed by atoms with van der Waals surface area (Å²) in [6.45, 7) is 0.736. The van der Waals surface area contributed by atoms with Crippen LogP contribution in [0.15, 0.2) is 41.5 Å². The van der Waals surface area contributed by atoms with E-state index in [1.807, 2.05) is 30.3 Å². The van der Waals surface area contributed by atoms with Gasteiger partial charge in [-0.25, -0.2) is 4.98 Å². The van der Waals surface area contributed by atoms with Crippen molar-refractivity contribution in [3.63, 3.8) is 0 Å². The van der Waals surface area contributed by atoms with Gasteiger partial charge in [-0.2, -0.15) is 4.68 Å². The van der Waals surface area contributed by atoms with Gasteiger partial charge in [-0.1, -0.05) is 23.4 Å². The van der Waals surface area contributed by atoms with Gasteiger partial charge in [-0.3, -0.25) is 9.36 Å². The van der Waals surface area contributed by atoms with Gasteiger partial charge in [0.1, 0.15) is 6.33 Å². The zero-order chi connectivity index (χ0) is 13.5. The summed E-state index contributed by atoms with van der Waals surface area (Å²) in [5.74, 6) is 0.621. The second kappa shape index (κ2) is 4.26. The van der Waals surface area contributed by atoms with E-state index in [2.05, 4.69) is 15.3 Å². The van der Waals surface area contributed by atoms with Gasteiger partial charge in [0.25, 0.3) is 5.56 Å². The minimum Gasteiger partial charge on any atom is -0.297 e. The van der Waals surface area contributed by atoms with Gasteiger partial charge >= 0.3 is 0 Å². The van der Waals surface area contributed by atoms with Crippen LogP contribution in [-0.2, 0) is 6.54 Å². The highest BCUT2D eigenvalue weighted by molar-refractivity contribution is 5.70. The maximum absolute atomic E-state index is 12.3. The lowest BCUT2D eigenvalue weighted by molar-refractivity contribution is 0.601. The van der Waals surface area contributed by atoms with E-state index < -0.39 is 0 Å². The minimum atomic E-state index is -0.107. The maximum Gasteiger partial charge on any atom is 0.283 e. The summed E-state index contributed by atoms with van der Waals surface area (Å²) < 4.78 is 3.24. The van der Waals surface area contributed by atoms with Crippen LogP contribution < -0.4 is 5.56 Å². The van der Waals surface area contributed by atoms with Crippen molar-refractivity contribution in [3.8, 4) is 5.69 Å². The van der Waals surface area contributed by atoms with Crippen LogP contribution in [0.2, 0.25) is 0 Å². The number of rotatable bonds is 3. The monoisotopic (exact) mass is 267 g/mol. The first-order chi connectivity index (χ1) is 9.83. The molecule has 0 saturated heterocycles. The van der Waals surface area contributed by atoms with E-state index in [0.29, 0.717) is 17.1 Å². The molecule has 2 heterocycles. The fourth-order valence-corrected chi connectivity index (χ4v) is 2.30. The van der Waals surface area contributed by atoms with E-state index in [0.717, 1.165) is 12.2 Å². The minimum absolute atomic E-state index is 0.107. The first-order valence-corrected chi connectivity index (χ1v) is 6.69. The third-order valence-electron chi connectivity index (χ3n) is 3.58. The molecule has 0 aliphatic heterocycles. The Morgan fingerprint density at radius 3 is 2.75 bits per heavy atom. The number of benzene rings is 1. The van der Waals surface area contributed by atoms with Gasteiger partial charge in [0.15, 0.2) is 11.2 Å². The van der Waals surface area contributed by atoms with Crippen molar-refractivity contribution in [2.75, 3.05) is 0 Å².